The molecule has 0 radical (unpaired) electrons. The van der Waals surface area contributed by atoms with Crippen LogP contribution in [0.5, 0.6) is 0 Å². The van der Waals surface area contributed by atoms with E-state index >= 15 is 0 Å². The highest BCUT2D eigenvalue weighted by molar-refractivity contribution is 5.92. The summed E-state index contributed by atoms with van der Waals surface area (Å²) >= 11 is 0. The second kappa shape index (κ2) is 14.3. The number of hydrogen-bond donors (Lipinski definition) is 1. The van der Waals surface area contributed by atoms with Crippen LogP contribution in [0.1, 0.15) is 64.0 Å². The second-order valence-corrected chi connectivity index (χ2v) is 9.10. The summed E-state index contributed by atoms with van der Waals surface area (Å²) in [7, 11) is 3.32. The number of hydrogen-bond acceptors (Lipinski definition) is 3. The fraction of sp³-hybridized carbons (Fsp3) is 0.429. The molecule has 5 nitrogen and oxygen atoms in total. The summed E-state index contributed by atoms with van der Waals surface area (Å²) in [6.07, 6.45) is -0.818. The highest BCUT2D eigenvalue weighted by atomic mass is 19.4. The number of amides is 2. The van der Waals surface area contributed by atoms with Gasteiger partial charge >= 0.3 is 12.2 Å². The Labute approximate surface area is 213 Å². The molecule has 1 atom stereocenters. The second-order valence-electron chi connectivity index (χ2n) is 9.10. The lowest BCUT2D eigenvalue weighted by Gasteiger charge is -2.22. The van der Waals surface area contributed by atoms with Gasteiger partial charge in [0, 0.05) is 31.7 Å². The van der Waals surface area contributed by atoms with Gasteiger partial charge in [-0.3, -0.25) is 9.69 Å². The molecule has 0 aliphatic heterocycles. The van der Waals surface area contributed by atoms with Crippen molar-refractivity contribution in [2.24, 2.45) is 0 Å². The Kier molecular flexibility index (Phi) is 12.2. The molecule has 2 rings (SSSR count). The molecule has 0 bridgehead atoms. The van der Waals surface area contributed by atoms with Gasteiger partial charge in [0.25, 0.3) is 0 Å². The third-order valence-electron chi connectivity index (χ3n) is 5.62. The summed E-state index contributed by atoms with van der Waals surface area (Å²) in [6.45, 7) is 9.81. The van der Waals surface area contributed by atoms with Crippen LogP contribution in [0, 0.1) is 0 Å². The van der Waals surface area contributed by atoms with Gasteiger partial charge in [-0.15, -0.1) is 0 Å². The van der Waals surface area contributed by atoms with E-state index in [0.29, 0.717) is 23.8 Å². The normalized spacial score (nSPS) is 12.2. The number of aldehydes is 1. The minimum absolute atomic E-state index is 0.0232. The summed E-state index contributed by atoms with van der Waals surface area (Å²) < 4.78 is 37.8. The lowest BCUT2D eigenvalue weighted by Crippen LogP contribution is -2.35. The predicted octanol–water partition coefficient (Wildman–Crippen LogP) is 7.57. The van der Waals surface area contributed by atoms with Crippen LogP contribution in [0.15, 0.2) is 60.8 Å². The predicted molar refractivity (Wildman–Crippen MR) is 142 cm³/mol. The van der Waals surface area contributed by atoms with Crippen LogP contribution in [-0.4, -0.2) is 43.5 Å². The van der Waals surface area contributed by atoms with Crippen LogP contribution in [0.3, 0.4) is 0 Å². The highest BCUT2D eigenvalue weighted by Gasteiger charge is 2.38. The molecule has 0 heterocycles. The number of allylic oxidation sites excluding steroid dienone is 1. The first kappa shape index (κ1) is 30.7. The van der Waals surface area contributed by atoms with Crippen molar-refractivity contribution in [2.45, 2.75) is 65.1 Å². The van der Waals surface area contributed by atoms with E-state index in [4.69, 9.17) is 0 Å². The SMILES string of the molecule is CC(C)c1ccc(N(C)C(=O)N(C)/C=C\C=O)cc1.CCC(Nc1cccc(C(C)C)c1)C(F)(F)F. The zero-order valence-electron chi connectivity index (χ0n) is 22.1. The number of carbonyl (C=O) groups is 2. The monoisotopic (exact) mass is 505 g/mol. The Hall–Kier alpha value is -3.29. The molecule has 0 saturated heterocycles. The molecular weight excluding hydrogens is 467 g/mol. The maximum Gasteiger partial charge on any atom is 0.408 e. The van der Waals surface area contributed by atoms with E-state index in [1.807, 2.05) is 44.2 Å². The van der Waals surface area contributed by atoms with Gasteiger partial charge in [-0.2, -0.15) is 13.2 Å². The molecule has 0 fully saturated rings. The van der Waals surface area contributed by atoms with Crippen LogP contribution < -0.4 is 10.2 Å². The van der Waals surface area contributed by atoms with Crippen molar-refractivity contribution in [3.05, 3.63) is 71.9 Å². The Balaban J connectivity index is 0.000000362. The largest absolute Gasteiger partial charge is 0.408 e. The first-order valence-corrected chi connectivity index (χ1v) is 12.0. The number of anilines is 2. The van der Waals surface area contributed by atoms with Gasteiger partial charge < -0.3 is 10.2 Å². The van der Waals surface area contributed by atoms with Crippen molar-refractivity contribution in [3.8, 4) is 0 Å². The van der Waals surface area contributed by atoms with Gasteiger partial charge in [-0.25, -0.2) is 4.79 Å². The zero-order valence-corrected chi connectivity index (χ0v) is 22.1. The number of alkyl halides is 3. The fourth-order valence-electron chi connectivity index (χ4n) is 3.26. The Bertz CT molecular complexity index is 986. The van der Waals surface area contributed by atoms with Crippen molar-refractivity contribution in [2.75, 3.05) is 24.3 Å². The molecule has 1 unspecified atom stereocenters. The zero-order chi connectivity index (χ0) is 27.5. The molecule has 0 spiro atoms. The molecule has 198 valence electrons. The Morgan fingerprint density at radius 2 is 1.56 bits per heavy atom. The van der Waals surface area contributed by atoms with E-state index in [0.717, 1.165) is 11.3 Å². The number of urea groups is 1. The minimum Gasteiger partial charge on any atom is -0.374 e. The average Bonchev–Trinajstić information content (AvgIpc) is 2.84. The third-order valence-corrected chi connectivity index (χ3v) is 5.62. The first-order chi connectivity index (χ1) is 16.8. The van der Waals surface area contributed by atoms with Crippen LogP contribution in [0.2, 0.25) is 0 Å². The molecule has 0 aliphatic carbocycles. The summed E-state index contributed by atoms with van der Waals surface area (Å²) in [5, 5.41) is 2.54. The number of halogens is 3. The van der Waals surface area contributed by atoms with Gasteiger partial charge in [0.2, 0.25) is 0 Å². The van der Waals surface area contributed by atoms with E-state index in [1.54, 1.807) is 37.2 Å². The van der Waals surface area contributed by atoms with Gasteiger partial charge in [-0.05, 0) is 59.7 Å². The van der Waals surface area contributed by atoms with Crippen molar-refractivity contribution in [1.29, 1.82) is 0 Å². The first-order valence-electron chi connectivity index (χ1n) is 12.0. The Morgan fingerprint density at radius 1 is 0.972 bits per heavy atom. The minimum atomic E-state index is -4.21. The number of benzene rings is 2. The summed E-state index contributed by atoms with van der Waals surface area (Å²) in [5.41, 5.74) is 3.62. The Morgan fingerprint density at radius 3 is 2.03 bits per heavy atom. The average molecular weight is 506 g/mol. The topological polar surface area (TPSA) is 52.7 Å². The highest BCUT2D eigenvalue weighted by Crippen LogP contribution is 2.27. The van der Waals surface area contributed by atoms with Crippen LogP contribution in [0.25, 0.3) is 0 Å². The molecule has 2 aromatic carbocycles. The van der Waals surface area contributed by atoms with Crippen LogP contribution in [-0.2, 0) is 4.79 Å². The van der Waals surface area contributed by atoms with Gasteiger partial charge in [0.15, 0.2) is 0 Å². The summed E-state index contributed by atoms with van der Waals surface area (Å²) in [5.74, 6) is 0.774. The molecule has 1 N–H and O–H groups in total. The van der Waals surface area contributed by atoms with Gasteiger partial charge in [-0.1, -0.05) is 58.9 Å². The van der Waals surface area contributed by atoms with Crippen molar-refractivity contribution in [3.63, 3.8) is 0 Å². The molecule has 2 aromatic rings. The summed E-state index contributed by atoms with van der Waals surface area (Å²) in [4.78, 5) is 25.2. The maximum absolute atomic E-state index is 12.6. The number of nitrogens with one attached hydrogen (secondary N) is 1. The van der Waals surface area contributed by atoms with Crippen molar-refractivity contribution >= 4 is 23.7 Å². The number of rotatable bonds is 8. The molecular formula is C28H38F3N3O2. The summed E-state index contributed by atoms with van der Waals surface area (Å²) in [6, 6.07) is 13.3. The molecule has 2 amide bonds. The quantitative estimate of drug-likeness (QED) is 0.297. The van der Waals surface area contributed by atoms with E-state index in [1.165, 1.54) is 29.7 Å². The third kappa shape index (κ3) is 9.76. The smallest absolute Gasteiger partial charge is 0.374 e. The van der Waals surface area contributed by atoms with E-state index in [2.05, 4.69) is 19.2 Å². The molecule has 0 aromatic heterocycles. The molecule has 8 heteroatoms. The van der Waals surface area contributed by atoms with E-state index in [9.17, 15) is 22.8 Å². The fourth-order valence-corrected chi connectivity index (χ4v) is 3.26. The van der Waals surface area contributed by atoms with Crippen molar-refractivity contribution < 1.29 is 22.8 Å². The standard InChI is InChI=1S/C15H20N2O2.C13H18F3N/c1-12(2)13-6-8-14(9-7-13)17(4)15(19)16(3)10-5-11-18;1-4-12(13(14,15)16)17-11-7-5-6-10(8-11)9(2)3/h5-12H,1-4H3;5-9,12,17H,4H2,1-3H3/b10-5-;. The lowest BCUT2D eigenvalue weighted by molar-refractivity contribution is -0.142. The van der Waals surface area contributed by atoms with Crippen LogP contribution >= 0.6 is 0 Å². The number of nitrogens with zero attached hydrogens (tertiary/aromatic N) is 2. The van der Waals surface area contributed by atoms with E-state index < -0.39 is 12.2 Å². The molecule has 36 heavy (non-hydrogen) atoms. The van der Waals surface area contributed by atoms with E-state index in [-0.39, 0.29) is 12.5 Å². The van der Waals surface area contributed by atoms with Crippen LogP contribution in [0.4, 0.5) is 29.3 Å². The molecule has 0 saturated carbocycles. The maximum atomic E-state index is 12.6. The van der Waals surface area contributed by atoms with Gasteiger partial charge in [0.1, 0.15) is 12.3 Å². The number of carbonyl (C=O) groups excluding carboxylic acids is 2. The van der Waals surface area contributed by atoms with Crippen molar-refractivity contribution in [1.82, 2.24) is 4.90 Å². The lowest BCUT2D eigenvalue weighted by atomic mass is 10.0. The van der Waals surface area contributed by atoms with Gasteiger partial charge in [0.05, 0.1) is 0 Å². The molecule has 0 aliphatic rings.